The minimum absolute atomic E-state index is 0.456. The van der Waals surface area contributed by atoms with E-state index in [0.29, 0.717) is 11.1 Å². The highest BCUT2D eigenvalue weighted by molar-refractivity contribution is 9.10. The molecule has 0 aliphatic rings. The molecule has 5 heteroatoms. The van der Waals surface area contributed by atoms with E-state index in [-0.39, 0.29) is 0 Å². The summed E-state index contributed by atoms with van der Waals surface area (Å²) in [5.74, 6) is -0.458. The van der Waals surface area contributed by atoms with Gasteiger partial charge in [0.2, 0.25) is 5.91 Å². The summed E-state index contributed by atoms with van der Waals surface area (Å²) >= 11 is 3.35. The first-order valence-electron chi connectivity index (χ1n) is 5.46. The molecule has 94 valence electrons. The lowest BCUT2D eigenvalue weighted by Gasteiger charge is -2.08. The van der Waals surface area contributed by atoms with Gasteiger partial charge in [0.05, 0.1) is 11.6 Å². The van der Waals surface area contributed by atoms with Gasteiger partial charge in [-0.3, -0.25) is 4.79 Å². The van der Waals surface area contributed by atoms with E-state index < -0.39 is 5.91 Å². The van der Waals surface area contributed by atoms with E-state index in [1.54, 1.807) is 36.4 Å². The quantitative estimate of drug-likeness (QED) is 0.913. The molecule has 0 fully saturated rings. The van der Waals surface area contributed by atoms with Crippen LogP contribution >= 0.6 is 15.9 Å². The number of carbonyl (C=O) groups is 1. The molecular formula is C14H10BrN3O. The van der Waals surface area contributed by atoms with Gasteiger partial charge in [0.15, 0.2) is 0 Å². The Labute approximate surface area is 119 Å². The second-order valence-electron chi connectivity index (χ2n) is 3.91. The van der Waals surface area contributed by atoms with Crippen LogP contribution in [0.4, 0.5) is 11.4 Å². The van der Waals surface area contributed by atoms with Crippen LogP contribution in [0.25, 0.3) is 0 Å². The Morgan fingerprint density at radius 1 is 1.16 bits per heavy atom. The Morgan fingerprint density at radius 2 is 1.84 bits per heavy atom. The molecule has 0 bridgehead atoms. The first-order valence-corrected chi connectivity index (χ1v) is 6.25. The van der Waals surface area contributed by atoms with E-state index in [1.165, 1.54) is 0 Å². The molecule has 0 saturated heterocycles. The van der Waals surface area contributed by atoms with E-state index >= 15 is 0 Å². The molecule has 0 spiro atoms. The van der Waals surface area contributed by atoms with Gasteiger partial charge >= 0.3 is 0 Å². The molecular weight excluding hydrogens is 306 g/mol. The topological polar surface area (TPSA) is 78.9 Å². The number of hydrogen-bond donors (Lipinski definition) is 2. The molecule has 0 aliphatic carbocycles. The van der Waals surface area contributed by atoms with Crippen molar-refractivity contribution in [1.29, 1.82) is 5.26 Å². The molecule has 0 radical (unpaired) electrons. The molecule has 0 atom stereocenters. The molecule has 0 heterocycles. The third-order valence-corrected chi connectivity index (χ3v) is 2.94. The van der Waals surface area contributed by atoms with Crippen molar-refractivity contribution in [3.8, 4) is 6.07 Å². The molecule has 0 aromatic heterocycles. The second kappa shape index (κ2) is 5.55. The number of anilines is 2. The third kappa shape index (κ3) is 3.33. The van der Waals surface area contributed by atoms with Crippen molar-refractivity contribution < 1.29 is 4.79 Å². The minimum Gasteiger partial charge on any atom is -0.366 e. The van der Waals surface area contributed by atoms with Gasteiger partial charge in [-0.1, -0.05) is 15.9 Å². The number of amides is 1. The highest BCUT2D eigenvalue weighted by Crippen LogP contribution is 2.23. The van der Waals surface area contributed by atoms with Crippen LogP contribution in [0.3, 0.4) is 0 Å². The van der Waals surface area contributed by atoms with Crippen LogP contribution in [0.5, 0.6) is 0 Å². The molecule has 19 heavy (non-hydrogen) atoms. The largest absolute Gasteiger partial charge is 0.366 e. The van der Waals surface area contributed by atoms with Gasteiger partial charge in [-0.2, -0.15) is 5.26 Å². The highest BCUT2D eigenvalue weighted by atomic mass is 79.9. The number of hydrogen-bond acceptors (Lipinski definition) is 3. The first-order chi connectivity index (χ1) is 9.08. The van der Waals surface area contributed by atoms with Crippen LogP contribution in [0.15, 0.2) is 46.9 Å². The number of halogens is 1. The van der Waals surface area contributed by atoms with Gasteiger partial charge in [0.1, 0.15) is 0 Å². The van der Waals surface area contributed by atoms with E-state index in [9.17, 15) is 4.79 Å². The number of nitrogens with zero attached hydrogens (tertiary/aromatic N) is 1. The zero-order valence-electron chi connectivity index (χ0n) is 9.85. The molecule has 2 aromatic carbocycles. The maximum atomic E-state index is 11.0. The summed E-state index contributed by atoms with van der Waals surface area (Å²) in [6.07, 6.45) is 0. The standard InChI is InChI=1S/C14H10BrN3O/c15-11-5-9(8-16)6-13(7-11)18-12-3-1-10(2-4-12)14(17)19/h1-7,18H,(H2,17,19). The van der Waals surface area contributed by atoms with Crippen molar-refractivity contribution in [3.63, 3.8) is 0 Å². The van der Waals surface area contributed by atoms with Gasteiger partial charge in [0.25, 0.3) is 0 Å². The summed E-state index contributed by atoms with van der Waals surface area (Å²) in [5.41, 5.74) is 7.79. The predicted octanol–water partition coefficient (Wildman–Crippen LogP) is 3.16. The van der Waals surface area contributed by atoms with Crippen molar-refractivity contribution >= 4 is 33.2 Å². The predicted molar refractivity (Wildman–Crippen MR) is 77.1 cm³/mol. The van der Waals surface area contributed by atoms with Crippen molar-refractivity contribution in [2.75, 3.05) is 5.32 Å². The fourth-order valence-electron chi connectivity index (χ4n) is 1.61. The lowest BCUT2D eigenvalue weighted by atomic mass is 10.2. The summed E-state index contributed by atoms with van der Waals surface area (Å²) in [5, 5.41) is 12.1. The fraction of sp³-hybridized carbons (Fsp3) is 0. The van der Waals surface area contributed by atoms with E-state index in [4.69, 9.17) is 11.0 Å². The van der Waals surface area contributed by atoms with Crippen LogP contribution in [0, 0.1) is 11.3 Å². The number of primary amides is 1. The highest BCUT2D eigenvalue weighted by Gasteiger charge is 2.02. The molecule has 4 nitrogen and oxygen atoms in total. The Bertz CT molecular complexity index is 659. The SMILES string of the molecule is N#Cc1cc(Br)cc(Nc2ccc(C(N)=O)cc2)c1. The second-order valence-corrected chi connectivity index (χ2v) is 4.82. The zero-order valence-corrected chi connectivity index (χ0v) is 11.4. The summed E-state index contributed by atoms with van der Waals surface area (Å²) in [6, 6.07) is 14.2. The number of nitrogens with two attached hydrogens (primary N) is 1. The van der Waals surface area contributed by atoms with Gasteiger partial charge in [-0.25, -0.2) is 0 Å². The van der Waals surface area contributed by atoms with E-state index in [2.05, 4.69) is 27.3 Å². The van der Waals surface area contributed by atoms with E-state index in [1.807, 2.05) is 6.07 Å². The minimum atomic E-state index is -0.458. The third-order valence-electron chi connectivity index (χ3n) is 2.48. The molecule has 0 saturated carbocycles. The van der Waals surface area contributed by atoms with E-state index in [0.717, 1.165) is 15.8 Å². The average Bonchev–Trinajstić information content (AvgIpc) is 2.38. The summed E-state index contributed by atoms with van der Waals surface area (Å²) < 4.78 is 0.822. The van der Waals surface area contributed by atoms with Crippen molar-refractivity contribution in [3.05, 3.63) is 58.1 Å². The summed E-state index contributed by atoms with van der Waals surface area (Å²) in [4.78, 5) is 11.0. The van der Waals surface area contributed by atoms with Gasteiger partial charge in [-0.15, -0.1) is 0 Å². The maximum Gasteiger partial charge on any atom is 0.248 e. The Morgan fingerprint density at radius 3 is 2.42 bits per heavy atom. The Kier molecular flexibility index (Phi) is 3.83. The zero-order chi connectivity index (χ0) is 13.8. The molecule has 2 aromatic rings. The maximum absolute atomic E-state index is 11.0. The lowest BCUT2D eigenvalue weighted by molar-refractivity contribution is 0.100. The number of nitriles is 1. The molecule has 1 amide bonds. The monoisotopic (exact) mass is 315 g/mol. The van der Waals surface area contributed by atoms with Crippen molar-refractivity contribution in [1.82, 2.24) is 0 Å². The summed E-state index contributed by atoms with van der Waals surface area (Å²) in [7, 11) is 0. The molecule has 3 N–H and O–H groups in total. The van der Waals surface area contributed by atoms with Gasteiger partial charge < -0.3 is 11.1 Å². The number of nitrogens with one attached hydrogen (secondary N) is 1. The number of carbonyl (C=O) groups excluding carboxylic acids is 1. The first kappa shape index (κ1) is 13.1. The fourth-order valence-corrected chi connectivity index (χ4v) is 2.10. The van der Waals surface area contributed by atoms with Crippen LogP contribution in [-0.2, 0) is 0 Å². The van der Waals surface area contributed by atoms with Crippen LogP contribution in [-0.4, -0.2) is 5.91 Å². The average molecular weight is 316 g/mol. The van der Waals surface area contributed by atoms with Gasteiger partial charge in [-0.05, 0) is 42.5 Å². The molecule has 0 aliphatic heterocycles. The normalized spacial score (nSPS) is 9.68. The molecule has 0 unspecified atom stereocenters. The lowest BCUT2D eigenvalue weighted by Crippen LogP contribution is -2.10. The van der Waals surface area contributed by atoms with Gasteiger partial charge in [0, 0.05) is 21.4 Å². The summed E-state index contributed by atoms with van der Waals surface area (Å²) in [6.45, 7) is 0. The van der Waals surface area contributed by atoms with Crippen LogP contribution in [0.1, 0.15) is 15.9 Å². The number of rotatable bonds is 3. The smallest absolute Gasteiger partial charge is 0.248 e. The molecule has 2 rings (SSSR count). The van der Waals surface area contributed by atoms with Crippen LogP contribution < -0.4 is 11.1 Å². The van der Waals surface area contributed by atoms with Crippen LogP contribution in [0.2, 0.25) is 0 Å². The number of benzene rings is 2. The van der Waals surface area contributed by atoms with Crippen molar-refractivity contribution in [2.45, 2.75) is 0 Å². The van der Waals surface area contributed by atoms with Crippen molar-refractivity contribution in [2.24, 2.45) is 5.73 Å². The Balaban J connectivity index is 2.24. The Hall–Kier alpha value is -2.32.